The number of ether oxygens (including phenoxy) is 1. The summed E-state index contributed by atoms with van der Waals surface area (Å²) in [6.45, 7) is 1.58. The number of amides is 1. The molecule has 2 aliphatic rings. The van der Waals surface area contributed by atoms with Gasteiger partial charge in [-0.3, -0.25) is 9.78 Å². The number of morpholine rings is 1. The minimum Gasteiger partial charge on any atom is -0.370 e. The first kappa shape index (κ1) is 15.9. The van der Waals surface area contributed by atoms with Crippen LogP contribution in [0, 0.1) is 11.7 Å². The first-order valence-corrected chi connectivity index (χ1v) is 8.23. The molecule has 8 heteroatoms. The highest BCUT2D eigenvalue weighted by Gasteiger charge is 2.45. The van der Waals surface area contributed by atoms with Crippen molar-refractivity contribution >= 4 is 11.9 Å². The van der Waals surface area contributed by atoms with E-state index in [9.17, 15) is 9.18 Å². The molecule has 2 aromatic rings. The fraction of sp³-hybridized carbons (Fsp3) is 0.412. The Morgan fingerprint density at radius 3 is 2.92 bits per heavy atom. The summed E-state index contributed by atoms with van der Waals surface area (Å²) >= 11 is 0. The zero-order valence-electron chi connectivity index (χ0n) is 13.5. The molecule has 2 aliphatic heterocycles. The summed E-state index contributed by atoms with van der Waals surface area (Å²) in [4.78, 5) is 26.6. The molecule has 0 unspecified atom stereocenters. The number of anilines is 1. The fourth-order valence-electron chi connectivity index (χ4n) is 3.39. The maximum Gasteiger partial charge on any atom is 0.226 e. The second kappa shape index (κ2) is 6.72. The van der Waals surface area contributed by atoms with Crippen molar-refractivity contribution in [1.82, 2.24) is 20.3 Å². The lowest BCUT2D eigenvalue weighted by atomic mass is 9.99. The third-order valence-electron chi connectivity index (χ3n) is 4.57. The third kappa shape index (κ3) is 3.43. The number of aromatic nitrogens is 3. The van der Waals surface area contributed by atoms with Crippen molar-refractivity contribution in [1.29, 1.82) is 0 Å². The molecule has 0 radical (unpaired) electrons. The molecular weight excluding hydrogens is 325 g/mol. The van der Waals surface area contributed by atoms with Gasteiger partial charge in [0.2, 0.25) is 11.9 Å². The van der Waals surface area contributed by atoms with Gasteiger partial charge in [0.15, 0.2) is 5.82 Å². The highest BCUT2D eigenvalue weighted by molar-refractivity contribution is 5.79. The number of nitrogens with zero attached hydrogens (tertiary/aromatic N) is 4. The number of carbonyl (C=O) groups excluding carboxylic acids is 1. The predicted octanol–water partition coefficient (Wildman–Crippen LogP) is 0.921. The summed E-state index contributed by atoms with van der Waals surface area (Å²) in [6, 6.07) is 3.76. The van der Waals surface area contributed by atoms with Gasteiger partial charge in [-0.1, -0.05) is 6.07 Å². The van der Waals surface area contributed by atoms with Crippen LogP contribution in [0.5, 0.6) is 0 Å². The second-order valence-electron chi connectivity index (χ2n) is 6.32. The van der Waals surface area contributed by atoms with Gasteiger partial charge in [0, 0.05) is 32.0 Å². The molecule has 2 aromatic heterocycles. The molecule has 1 N–H and O–H groups in total. The van der Waals surface area contributed by atoms with E-state index in [1.165, 1.54) is 0 Å². The molecular formula is C17H18FN5O2. The summed E-state index contributed by atoms with van der Waals surface area (Å²) in [7, 11) is 0. The molecule has 2 fully saturated rings. The van der Waals surface area contributed by atoms with Crippen LogP contribution in [0.15, 0.2) is 36.9 Å². The van der Waals surface area contributed by atoms with Gasteiger partial charge in [-0.2, -0.15) is 0 Å². The number of rotatable bonds is 4. The van der Waals surface area contributed by atoms with E-state index in [1.807, 2.05) is 17.0 Å². The van der Waals surface area contributed by atoms with Crippen molar-refractivity contribution in [2.45, 2.75) is 25.2 Å². The summed E-state index contributed by atoms with van der Waals surface area (Å²) < 4.78 is 18.9. The lowest BCUT2D eigenvalue weighted by Gasteiger charge is -2.32. The Hall–Kier alpha value is -2.61. The zero-order valence-corrected chi connectivity index (χ0v) is 13.5. The predicted molar refractivity (Wildman–Crippen MR) is 87.1 cm³/mol. The van der Waals surface area contributed by atoms with E-state index in [2.05, 4.69) is 20.3 Å². The first-order valence-electron chi connectivity index (χ1n) is 8.23. The van der Waals surface area contributed by atoms with Gasteiger partial charge in [0.1, 0.15) is 0 Å². The molecule has 0 spiro atoms. The summed E-state index contributed by atoms with van der Waals surface area (Å²) in [5, 5.41) is 2.96. The van der Waals surface area contributed by atoms with Crippen LogP contribution in [0.4, 0.5) is 10.3 Å². The fourth-order valence-corrected chi connectivity index (χ4v) is 3.39. The highest BCUT2D eigenvalue weighted by atomic mass is 19.1. The van der Waals surface area contributed by atoms with Gasteiger partial charge < -0.3 is 15.0 Å². The second-order valence-corrected chi connectivity index (χ2v) is 6.32. The van der Waals surface area contributed by atoms with Crippen molar-refractivity contribution < 1.29 is 13.9 Å². The van der Waals surface area contributed by atoms with Crippen LogP contribution in [0.25, 0.3) is 0 Å². The molecule has 2 bridgehead atoms. The van der Waals surface area contributed by atoms with Crippen LogP contribution >= 0.6 is 0 Å². The number of pyridine rings is 1. The molecule has 25 heavy (non-hydrogen) atoms. The maximum absolute atomic E-state index is 13.0. The SMILES string of the molecule is O=C(NCc1cccnc1)[C@H]1C[C@@H]2CN(c3ncc(F)cn3)C[C@H]1O2. The molecule has 0 aromatic carbocycles. The summed E-state index contributed by atoms with van der Waals surface area (Å²) in [5.41, 5.74) is 0.957. The third-order valence-corrected chi connectivity index (χ3v) is 4.57. The lowest BCUT2D eigenvalue weighted by molar-refractivity contribution is -0.126. The summed E-state index contributed by atoms with van der Waals surface area (Å²) in [5.74, 6) is -0.214. The standard InChI is InChI=1S/C17H18FN5O2/c18-12-7-21-17(22-8-12)23-9-13-4-14(15(10-23)25-13)16(24)20-6-11-2-1-3-19-5-11/h1-3,5,7-8,13-15H,4,6,9-10H2,(H,20,24)/t13-,14+,15-/m1/s1. The first-order chi connectivity index (χ1) is 12.2. The zero-order chi connectivity index (χ0) is 17.2. The maximum atomic E-state index is 13.0. The average Bonchev–Trinajstić information content (AvgIpc) is 2.95. The van der Waals surface area contributed by atoms with Crippen LogP contribution in [0.2, 0.25) is 0 Å². The smallest absolute Gasteiger partial charge is 0.226 e. The van der Waals surface area contributed by atoms with Crippen molar-refractivity contribution in [2.75, 3.05) is 18.0 Å². The normalized spacial score (nSPS) is 25.0. The van der Waals surface area contributed by atoms with Crippen LogP contribution in [-0.2, 0) is 16.1 Å². The van der Waals surface area contributed by atoms with Gasteiger partial charge in [-0.15, -0.1) is 0 Å². The van der Waals surface area contributed by atoms with Crippen molar-refractivity contribution in [3.8, 4) is 0 Å². The number of carbonyl (C=O) groups is 1. The van der Waals surface area contributed by atoms with Gasteiger partial charge >= 0.3 is 0 Å². The van der Waals surface area contributed by atoms with Gasteiger partial charge in [-0.25, -0.2) is 14.4 Å². The quantitative estimate of drug-likeness (QED) is 0.889. The number of hydrogen-bond donors (Lipinski definition) is 1. The van der Waals surface area contributed by atoms with Crippen LogP contribution in [0.1, 0.15) is 12.0 Å². The van der Waals surface area contributed by atoms with E-state index in [-0.39, 0.29) is 24.0 Å². The van der Waals surface area contributed by atoms with E-state index in [0.29, 0.717) is 32.0 Å². The van der Waals surface area contributed by atoms with Crippen LogP contribution in [0.3, 0.4) is 0 Å². The molecule has 2 saturated heterocycles. The Balaban J connectivity index is 1.38. The Morgan fingerprint density at radius 1 is 1.32 bits per heavy atom. The van der Waals surface area contributed by atoms with Crippen molar-refractivity contribution in [3.05, 3.63) is 48.3 Å². The van der Waals surface area contributed by atoms with E-state index in [0.717, 1.165) is 18.0 Å². The molecule has 0 aliphatic carbocycles. The van der Waals surface area contributed by atoms with E-state index in [1.54, 1.807) is 12.4 Å². The Bertz CT molecular complexity index is 742. The number of nitrogens with one attached hydrogen (secondary N) is 1. The van der Waals surface area contributed by atoms with Crippen molar-refractivity contribution in [3.63, 3.8) is 0 Å². The van der Waals surface area contributed by atoms with Crippen LogP contribution in [-0.4, -0.2) is 46.2 Å². The monoisotopic (exact) mass is 343 g/mol. The van der Waals surface area contributed by atoms with Gasteiger partial charge in [0.05, 0.1) is 30.5 Å². The van der Waals surface area contributed by atoms with Crippen LogP contribution < -0.4 is 10.2 Å². The largest absolute Gasteiger partial charge is 0.370 e. The molecule has 4 heterocycles. The average molecular weight is 343 g/mol. The Kier molecular flexibility index (Phi) is 4.27. The number of fused-ring (bicyclic) bond motifs is 2. The summed E-state index contributed by atoms with van der Waals surface area (Å²) in [6.07, 6.45) is 6.15. The molecule has 0 saturated carbocycles. The number of halogens is 1. The van der Waals surface area contributed by atoms with Crippen molar-refractivity contribution in [2.24, 2.45) is 5.92 Å². The molecule has 1 amide bonds. The van der Waals surface area contributed by atoms with E-state index < -0.39 is 5.82 Å². The van der Waals surface area contributed by atoms with Gasteiger partial charge in [0.25, 0.3) is 0 Å². The molecule has 4 rings (SSSR count). The molecule has 130 valence electrons. The lowest BCUT2D eigenvalue weighted by Crippen LogP contribution is -2.46. The topological polar surface area (TPSA) is 80.2 Å². The van der Waals surface area contributed by atoms with E-state index >= 15 is 0 Å². The Labute approximate surface area is 144 Å². The van der Waals surface area contributed by atoms with E-state index in [4.69, 9.17) is 4.74 Å². The minimum absolute atomic E-state index is 0.0155. The minimum atomic E-state index is -0.465. The number of hydrogen-bond acceptors (Lipinski definition) is 6. The molecule has 7 nitrogen and oxygen atoms in total. The Morgan fingerprint density at radius 2 is 2.16 bits per heavy atom. The highest BCUT2D eigenvalue weighted by Crippen LogP contribution is 2.33. The molecule has 3 atom stereocenters. The van der Waals surface area contributed by atoms with Gasteiger partial charge in [-0.05, 0) is 18.1 Å².